The van der Waals surface area contributed by atoms with Crippen LogP contribution < -0.4 is 5.73 Å². The van der Waals surface area contributed by atoms with Crippen molar-refractivity contribution in [1.82, 2.24) is 14.8 Å². The fourth-order valence-corrected chi connectivity index (χ4v) is 3.91. The van der Waals surface area contributed by atoms with Gasteiger partial charge in [-0.25, -0.2) is 17.8 Å². The Bertz CT molecular complexity index is 963. The number of halogens is 1. The van der Waals surface area contributed by atoms with Gasteiger partial charge in [0.05, 0.1) is 23.6 Å². The van der Waals surface area contributed by atoms with E-state index in [0.717, 1.165) is 28.8 Å². The van der Waals surface area contributed by atoms with Crippen molar-refractivity contribution < 1.29 is 12.8 Å². The smallest absolute Gasteiger partial charge is 0.192 e. The minimum absolute atomic E-state index is 0.0127. The average Bonchev–Trinajstić information content (AvgIpc) is 2.82. The number of aromatic nitrogens is 3. The van der Waals surface area contributed by atoms with Gasteiger partial charge < -0.3 is 5.73 Å². The summed E-state index contributed by atoms with van der Waals surface area (Å²) in [6, 6.07) is 3.35. The van der Waals surface area contributed by atoms with Gasteiger partial charge >= 0.3 is 0 Å². The van der Waals surface area contributed by atoms with Gasteiger partial charge in [0.1, 0.15) is 5.83 Å². The molecule has 0 amide bonds. The summed E-state index contributed by atoms with van der Waals surface area (Å²) in [5.41, 5.74) is 9.83. The van der Waals surface area contributed by atoms with E-state index in [1.807, 2.05) is 19.9 Å². The van der Waals surface area contributed by atoms with Crippen molar-refractivity contribution in [3.05, 3.63) is 52.2 Å². The SMILES string of the molecule is Cc1nn(C/C(F)=C/CN)c2c1Cc1ccc(S(C)(=O)=O)nc1C2C. The Morgan fingerprint density at radius 1 is 1.48 bits per heavy atom. The lowest BCUT2D eigenvalue weighted by molar-refractivity contribution is 0.504. The van der Waals surface area contributed by atoms with Crippen molar-refractivity contribution in [2.24, 2.45) is 5.73 Å². The second-order valence-corrected chi connectivity index (χ2v) is 8.32. The van der Waals surface area contributed by atoms with Crippen LogP contribution in [0.3, 0.4) is 0 Å². The van der Waals surface area contributed by atoms with E-state index in [0.29, 0.717) is 12.1 Å². The lowest BCUT2D eigenvalue weighted by Gasteiger charge is -2.24. The van der Waals surface area contributed by atoms with Gasteiger partial charge in [-0.2, -0.15) is 5.10 Å². The van der Waals surface area contributed by atoms with Crippen LogP contribution in [-0.2, 0) is 22.8 Å². The molecule has 0 bridgehead atoms. The highest BCUT2D eigenvalue weighted by Gasteiger charge is 2.30. The summed E-state index contributed by atoms with van der Waals surface area (Å²) in [6.45, 7) is 3.98. The Labute approximate surface area is 146 Å². The molecule has 0 saturated heterocycles. The van der Waals surface area contributed by atoms with Crippen LogP contribution in [0.2, 0.25) is 0 Å². The van der Waals surface area contributed by atoms with Gasteiger partial charge in [-0.05, 0) is 24.6 Å². The van der Waals surface area contributed by atoms with Gasteiger partial charge in [-0.15, -0.1) is 0 Å². The zero-order valence-electron chi connectivity index (χ0n) is 14.5. The van der Waals surface area contributed by atoms with Crippen molar-refractivity contribution in [1.29, 1.82) is 0 Å². The number of sulfone groups is 1. The number of nitrogens with zero attached hydrogens (tertiary/aromatic N) is 3. The van der Waals surface area contributed by atoms with Gasteiger partial charge in [-0.1, -0.05) is 13.0 Å². The third-order valence-corrected chi connectivity index (χ3v) is 5.48. The summed E-state index contributed by atoms with van der Waals surface area (Å²) in [4.78, 5) is 4.37. The third-order valence-electron chi connectivity index (χ3n) is 4.49. The molecule has 1 unspecified atom stereocenters. The number of pyridine rings is 1. The highest BCUT2D eigenvalue weighted by atomic mass is 32.2. The molecule has 0 aromatic carbocycles. The Kier molecular flexibility index (Phi) is 4.51. The van der Waals surface area contributed by atoms with Crippen molar-refractivity contribution in [3.8, 4) is 0 Å². The Hall–Kier alpha value is -2.06. The molecule has 8 heteroatoms. The summed E-state index contributed by atoms with van der Waals surface area (Å²) in [7, 11) is -3.38. The molecule has 6 nitrogen and oxygen atoms in total. The molecule has 0 radical (unpaired) electrons. The molecule has 0 fully saturated rings. The molecule has 1 aliphatic rings. The molecule has 0 spiro atoms. The van der Waals surface area contributed by atoms with Crippen molar-refractivity contribution in [2.45, 2.75) is 37.8 Å². The minimum atomic E-state index is -3.38. The van der Waals surface area contributed by atoms with Crippen LogP contribution in [0.25, 0.3) is 0 Å². The zero-order valence-corrected chi connectivity index (χ0v) is 15.3. The van der Waals surface area contributed by atoms with E-state index < -0.39 is 9.84 Å². The van der Waals surface area contributed by atoms with Gasteiger partial charge in [0, 0.05) is 30.7 Å². The monoisotopic (exact) mass is 364 g/mol. The molecular weight excluding hydrogens is 343 g/mol. The van der Waals surface area contributed by atoms with Crippen LogP contribution in [0.1, 0.15) is 41.1 Å². The highest BCUT2D eigenvalue weighted by Crippen LogP contribution is 2.37. The predicted molar refractivity (Wildman–Crippen MR) is 92.9 cm³/mol. The number of rotatable bonds is 4. The first-order valence-corrected chi connectivity index (χ1v) is 9.92. The quantitative estimate of drug-likeness (QED) is 0.894. The second-order valence-electron chi connectivity index (χ2n) is 6.36. The topological polar surface area (TPSA) is 90.9 Å². The van der Waals surface area contributed by atoms with E-state index in [2.05, 4.69) is 10.1 Å². The number of hydrogen-bond donors (Lipinski definition) is 1. The van der Waals surface area contributed by atoms with Crippen molar-refractivity contribution in [2.75, 3.05) is 12.8 Å². The van der Waals surface area contributed by atoms with E-state index in [1.54, 1.807) is 4.68 Å². The van der Waals surface area contributed by atoms with Gasteiger partial charge in [0.2, 0.25) is 0 Å². The molecule has 134 valence electrons. The standard InChI is InChI=1S/C17H21FN4O2S/c1-10-16-12(4-5-15(20-16)25(3,23)24)8-14-11(2)21-22(17(10)14)9-13(18)6-7-19/h4-6,10H,7-9,19H2,1-3H3/b13-6-. The molecule has 2 aromatic heterocycles. The molecule has 2 heterocycles. The first-order valence-electron chi connectivity index (χ1n) is 8.03. The second kappa shape index (κ2) is 6.34. The van der Waals surface area contributed by atoms with Gasteiger partial charge in [0.15, 0.2) is 14.9 Å². The maximum atomic E-state index is 13.9. The minimum Gasteiger partial charge on any atom is -0.327 e. The zero-order chi connectivity index (χ0) is 18.4. The Morgan fingerprint density at radius 3 is 2.84 bits per heavy atom. The highest BCUT2D eigenvalue weighted by molar-refractivity contribution is 7.90. The summed E-state index contributed by atoms with van der Waals surface area (Å²) >= 11 is 0. The normalized spacial score (nSPS) is 17.3. The molecule has 3 rings (SSSR count). The molecular formula is C17H21FN4O2S. The predicted octanol–water partition coefficient (Wildman–Crippen LogP) is 1.86. The number of nitrogens with two attached hydrogens (primary N) is 1. The van der Waals surface area contributed by atoms with Crippen LogP contribution in [0.15, 0.2) is 29.1 Å². The maximum Gasteiger partial charge on any atom is 0.192 e. The fraction of sp³-hybridized carbons (Fsp3) is 0.412. The lowest BCUT2D eigenvalue weighted by atomic mass is 9.85. The Balaban J connectivity index is 2.08. The maximum absolute atomic E-state index is 13.9. The molecule has 1 atom stereocenters. The number of allylic oxidation sites excluding steroid dienone is 1. The Morgan fingerprint density at radius 2 is 2.20 bits per heavy atom. The van der Waals surface area contributed by atoms with Crippen molar-refractivity contribution >= 4 is 9.84 Å². The number of fused-ring (bicyclic) bond motifs is 2. The van der Waals surface area contributed by atoms with E-state index in [4.69, 9.17) is 5.73 Å². The lowest BCUT2D eigenvalue weighted by Crippen LogP contribution is -2.19. The first-order chi connectivity index (χ1) is 11.7. The van der Waals surface area contributed by atoms with Crippen molar-refractivity contribution in [3.63, 3.8) is 0 Å². The number of hydrogen-bond acceptors (Lipinski definition) is 5. The molecule has 0 saturated carbocycles. The van der Waals surface area contributed by atoms with E-state index in [-0.39, 0.29) is 29.9 Å². The van der Waals surface area contributed by atoms with E-state index in [1.165, 1.54) is 12.1 Å². The third kappa shape index (κ3) is 3.23. The summed E-state index contributed by atoms with van der Waals surface area (Å²) in [5.74, 6) is -0.518. The molecule has 25 heavy (non-hydrogen) atoms. The van der Waals surface area contributed by atoms with E-state index in [9.17, 15) is 12.8 Å². The van der Waals surface area contributed by atoms with Crippen LogP contribution in [0.4, 0.5) is 4.39 Å². The molecule has 2 aromatic rings. The molecule has 1 aliphatic carbocycles. The van der Waals surface area contributed by atoms with E-state index >= 15 is 0 Å². The van der Waals surface area contributed by atoms with Crippen LogP contribution in [0, 0.1) is 6.92 Å². The molecule has 2 N–H and O–H groups in total. The summed E-state index contributed by atoms with van der Waals surface area (Å²) < 4.78 is 39.2. The summed E-state index contributed by atoms with van der Waals surface area (Å²) in [6.07, 6.45) is 3.08. The van der Waals surface area contributed by atoms with Gasteiger partial charge in [0.25, 0.3) is 0 Å². The number of aryl methyl sites for hydroxylation is 1. The van der Waals surface area contributed by atoms with Gasteiger partial charge in [-0.3, -0.25) is 4.68 Å². The molecule has 0 aliphatic heterocycles. The van der Waals surface area contributed by atoms with Crippen LogP contribution in [-0.4, -0.2) is 36.0 Å². The van der Waals surface area contributed by atoms with Crippen LogP contribution >= 0.6 is 0 Å². The largest absolute Gasteiger partial charge is 0.327 e. The first kappa shape index (κ1) is 17.8. The van der Waals surface area contributed by atoms with Crippen LogP contribution in [0.5, 0.6) is 0 Å². The fourth-order valence-electron chi connectivity index (χ4n) is 3.33. The summed E-state index contributed by atoms with van der Waals surface area (Å²) in [5, 5.41) is 4.52. The average molecular weight is 364 g/mol.